The van der Waals surface area contributed by atoms with E-state index in [-0.39, 0.29) is 24.4 Å². The second kappa shape index (κ2) is 9.48. The highest BCUT2D eigenvalue weighted by Crippen LogP contribution is 2.34. The molecule has 0 spiro atoms. The first kappa shape index (κ1) is 20.7. The normalized spacial score (nSPS) is 11.8. The molecular formula is C22H20N4O4S. The molecular weight excluding hydrogens is 416 g/mol. The van der Waals surface area contributed by atoms with Crippen LogP contribution >= 0.6 is 11.8 Å². The lowest BCUT2D eigenvalue weighted by atomic mass is 10.2. The fraction of sp³-hybridized carbons (Fsp3) is 0.182. The Morgan fingerprint density at radius 2 is 1.90 bits per heavy atom. The number of ether oxygens (including phenoxy) is 2. The first-order chi connectivity index (χ1) is 15.1. The second-order valence-corrected chi connectivity index (χ2v) is 7.74. The fourth-order valence-corrected chi connectivity index (χ4v) is 3.80. The SMILES string of the molecule is CN(Cc1ccncc1)C(=O)c1cccnc1SCC(=O)Nc1ccc2c(c1)OCO2. The van der Waals surface area contributed by atoms with Gasteiger partial charge in [0.05, 0.1) is 11.3 Å². The van der Waals surface area contributed by atoms with E-state index < -0.39 is 0 Å². The molecule has 1 aromatic carbocycles. The Balaban J connectivity index is 1.38. The van der Waals surface area contributed by atoms with Crippen molar-refractivity contribution in [2.75, 3.05) is 24.9 Å². The summed E-state index contributed by atoms with van der Waals surface area (Å²) in [6.07, 6.45) is 4.99. The minimum Gasteiger partial charge on any atom is -0.454 e. The van der Waals surface area contributed by atoms with E-state index in [2.05, 4.69) is 15.3 Å². The van der Waals surface area contributed by atoms with Crippen molar-refractivity contribution in [2.24, 2.45) is 0 Å². The van der Waals surface area contributed by atoms with Crippen LogP contribution in [0.5, 0.6) is 11.5 Å². The molecule has 0 fully saturated rings. The molecule has 1 N–H and O–H groups in total. The van der Waals surface area contributed by atoms with E-state index >= 15 is 0 Å². The number of rotatable bonds is 7. The summed E-state index contributed by atoms with van der Waals surface area (Å²) in [7, 11) is 1.73. The van der Waals surface area contributed by atoms with Gasteiger partial charge >= 0.3 is 0 Å². The molecule has 0 saturated heterocycles. The van der Waals surface area contributed by atoms with Crippen molar-refractivity contribution in [2.45, 2.75) is 11.6 Å². The van der Waals surface area contributed by atoms with Gasteiger partial charge in [-0.3, -0.25) is 14.6 Å². The van der Waals surface area contributed by atoms with Gasteiger partial charge in [-0.2, -0.15) is 0 Å². The van der Waals surface area contributed by atoms with Crippen LogP contribution in [-0.2, 0) is 11.3 Å². The Hall–Kier alpha value is -3.59. The molecule has 0 aliphatic carbocycles. The van der Waals surface area contributed by atoms with Crippen LogP contribution in [0.25, 0.3) is 0 Å². The first-order valence-electron chi connectivity index (χ1n) is 9.52. The summed E-state index contributed by atoms with van der Waals surface area (Å²) >= 11 is 1.22. The maximum absolute atomic E-state index is 12.9. The van der Waals surface area contributed by atoms with Gasteiger partial charge in [0.1, 0.15) is 5.03 Å². The summed E-state index contributed by atoms with van der Waals surface area (Å²) in [5, 5.41) is 3.33. The van der Waals surface area contributed by atoms with E-state index in [1.54, 1.807) is 60.9 Å². The molecule has 2 aromatic heterocycles. The third-order valence-electron chi connectivity index (χ3n) is 4.51. The molecule has 0 unspecified atom stereocenters. The van der Waals surface area contributed by atoms with Crippen LogP contribution in [0.4, 0.5) is 5.69 Å². The first-order valence-corrected chi connectivity index (χ1v) is 10.5. The predicted molar refractivity (Wildman–Crippen MR) is 116 cm³/mol. The number of nitrogens with zero attached hydrogens (tertiary/aromatic N) is 3. The standard InChI is InChI=1S/C22H20N4O4S/c1-26(12-15-6-9-23-10-7-15)22(28)17-3-2-8-24-21(17)31-13-20(27)25-16-4-5-18-19(11-16)30-14-29-18/h2-11H,12-14H2,1H3,(H,25,27). The van der Waals surface area contributed by atoms with Gasteiger partial charge < -0.3 is 19.7 Å². The van der Waals surface area contributed by atoms with Crippen LogP contribution in [0.1, 0.15) is 15.9 Å². The number of benzene rings is 1. The molecule has 0 saturated carbocycles. The number of aromatic nitrogens is 2. The van der Waals surface area contributed by atoms with Crippen LogP contribution in [0, 0.1) is 0 Å². The summed E-state index contributed by atoms with van der Waals surface area (Å²) in [5.41, 5.74) is 2.05. The van der Waals surface area contributed by atoms with E-state index in [0.29, 0.717) is 34.3 Å². The van der Waals surface area contributed by atoms with E-state index in [1.807, 2.05) is 12.1 Å². The quantitative estimate of drug-likeness (QED) is 0.569. The minimum absolute atomic E-state index is 0.111. The summed E-state index contributed by atoms with van der Waals surface area (Å²) in [6, 6.07) is 12.4. The highest BCUT2D eigenvalue weighted by Gasteiger charge is 2.19. The average Bonchev–Trinajstić information content (AvgIpc) is 3.26. The molecule has 1 aliphatic rings. The zero-order valence-corrected chi connectivity index (χ0v) is 17.6. The van der Waals surface area contributed by atoms with Crippen molar-refractivity contribution in [3.05, 3.63) is 72.2 Å². The average molecular weight is 436 g/mol. The maximum Gasteiger partial charge on any atom is 0.256 e. The van der Waals surface area contributed by atoms with Gasteiger partial charge in [-0.15, -0.1) is 0 Å². The van der Waals surface area contributed by atoms with Gasteiger partial charge in [0, 0.05) is 43.9 Å². The Labute approximate surface area is 183 Å². The predicted octanol–water partition coefficient (Wildman–Crippen LogP) is 3.21. The van der Waals surface area contributed by atoms with Gasteiger partial charge in [0.25, 0.3) is 5.91 Å². The number of thioether (sulfide) groups is 1. The number of hydrogen-bond acceptors (Lipinski definition) is 7. The lowest BCUT2D eigenvalue weighted by Gasteiger charge is -2.18. The third-order valence-corrected chi connectivity index (χ3v) is 5.52. The van der Waals surface area contributed by atoms with Gasteiger partial charge in [0.15, 0.2) is 11.5 Å². The number of amides is 2. The number of carbonyl (C=O) groups is 2. The number of hydrogen-bond donors (Lipinski definition) is 1. The van der Waals surface area contributed by atoms with Crippen molar-refractivity contribution in [1.82, 2.24) is 14.9 Å². The van der Waals surface area contributed by atoms with Crippen molar-refractivity contribution in [1.29, 1.82) is 0 Å². The molecule has 1 aliphatic heterocycles. The number of carbonyl (C=O) groups excluding carboxylic acids is 2. The molecule has 3 heterocycles. The minimum atomic E-state index is -0.210. The molecule has 0 radical (unpaired) electrons. The number of pyridine rings is 2. The van der Waals surface area contributed by atoms with E-state index in [0.717, 1.165) is 5.56 Å². The number of nitrogens with one attached hydrogen (secondary N) is 1. The third kappa shape index (κ3) is 5.13. The molecule has 158 valence electrons. The van der Waals surface area contributed by atoms with Gasteiger partial charge in [0.2, 0.25) is 12.7 Å². The van der Waals surface area contributed by atoms with Crippen molar-refractivity contribution in [3.8, 4) is 11.5 Å². The van der Waals surface area contributed by atoms with E-state index in [1.165, 1.54) is 11.8 Å². The molecule has 31 heavy (non-hydrogen) atoms. The summed E-state index contributed by atoms with van der Waals surface area (Å²) < 4.78 is 10.6. The molecule has 3 aromatic rings. The number of anilines is 1. The molecule has 2 amide bonds. The van der Waals surface area contributed by atoms with Gasteiger partial charge in [-0.25, -0.2) is 4.98 Å². The lowest BCUT2D eigenvalue weighted by Crippen LogP contribution is -2.27. The molecule has 4 rings (SSSR count). The van der Waals surface area contributed by atoms with E-state index in [4.69, 9.17) is 9.47 Å². The Bertz CT molecular complexity index is 1090. The smallest absolute Gasteiger partial charge is 0.256 e. The maximum atomic E-state index is 12.9. The van der Waals surface area contributed by atoms with Crippen molar-refractivity contribution < 1.29 is 19.1 Å². The van der Waals surface area contributed by atoms with Crippen LogP contribution in [0.15, 0.2) is 66.1 Å². The molecule has 8 nitrogen and oxygen atoms in total. The van der Waals surface area contributed by atoms with Crippen LogP contribution < -0.4 is 14.8 Å². The Morgan fingerprint density at radius 3 is 2.74 bits per heavy atom. The summed E-state index contributed by atoms with van der Waals surface area (Å²) in [6.45, 7) is 0.625. The fourth-order valence-electron chi connectivity index (χ4n) is 3.01. The van der Waals surface area contributed by atoms with Crippen LogP contribution in [0.2, 0.25) is 0 Å². The van der Waals surface area contributed by atoms with Crippen molar-refractivity contribution >= 4 is 29.3 Å². The lowest BCUT2D eigenvalue weighted by molar-refractivity contribution is -0.113. The zero-order valence-electron chi connectivity index (χ0n) is 16.8. The molecule has 9 heteroatoms. The summed E-state index contributed by atoms with van der Waals surface area (Å²) in [5.74, 6) is 0.988. The Kier molecular flexibility index (Phi) is 6.32. The monoisotopic (exact) mass is 436 g/mol. The second-order valence-electron chi connectivity index (χ2n) is 6.78. The van der Waals surface area contributed by atoms with Gasteiger partial charge in [-0.05, 0) is 42.0 Å². The van der Waals surface area contributed by atoms with Crippen molar-refractivity contribution in [3.63, 3.8) is 0 Å². The molecule has 0 bridgehead atoms. The van der Waals surface area contributed by atoms with Gasteiger partial charge in [-0.1, -0.05) is 11.8 Å². The number of fused-ring (bicyclic) bond motifs is 1. The Morgan fingerprint density at radius 1 is 1.10 bits per heavy atom. The highest BCUT2D eigenvalue weighted by molar-refractivity contribution is 8.00. The van der Waals surface area contributed by atoms with Crippen LogP contribution in [0.3, 0.4) is 0 Å². The zero-order chi connectivity index (χ0) is 21.6. The largest absolute Gasteiger partial charge is 0.454 e. The summed E-state index contributed by atoms with van der Waals surface area (Å²) in [4.78, 5) is 35.3. The topological polar surface area (TPSA) is 93.7 Å². The highest BCUT2D eigenvalue weighted by atomic mass is 32.2. The molecule has 0 atom stereocenters. The van der Waals surface area contributed by atoms with E-state index in [9.17, 15) is 9.59 Å². The van der Waals surface area contributed by atoms with Crippen LogP contribution in [-0.4, -0.2) is 46.3 Å².